The summed E-state index contributed by atoms with van der Waals surface area (Å²) in [5.74, 6) is -0.829. The zero-order valence-corrected chi connectivity index (χ0v) is 14.6. The highest BCUT2D eigenvalue weighted by Gasteiger charge is 2.22. The van der Waals surface area contributed by atoms with Crippen LogP contribution in [-0.2, 0) is 4.74 Å². The van der Waals surface area contributed by atoms with Crippen LogP contribution >= 0.6 is 0 Å². The van der Waals surface area contributed by atoms with Gasteiger partial charge in [-0.2, -0.15) is 9.78 Å². The van der Waals surface area contributed by atoms with Crippen molar-refractivity contribution in [1.82, 2.24) is 9.78 Å². The van der Waals surface area contributed by atoms with Crippen molar-refractivity contribution in [2.45, 2.75) is 6.92 Å². The van der Waals surface area contributed by atoms with Crippen molar-refractivity contribution in [2.75, 3.05) is 6.61 Å². The summed E-state index contributed by atoms with van der Waals surface area (Å²) in [7, 11) is 0. The number of hydrogen-bond donors (Lipinski definition) is 0. The highest BCUT2D eigenvalue weighted by Crippen LogP contribution is 2.28. The number of carbonyl (C=O) groups excluding carboxylic acids is 1. The van der Waals surface area contributed by atoms with Crippen LogP contribution in [0.5, 0.6) is 0 Å². The second-order valence-electron chi connectivity index (χ2n) is 5.84. The number of para-hydroxylation sites is 1. The molecule has 0 saturated heterocycles. The van der Waals surface area contributed by atoms with E-state index in [-0.39, 0.29) is 23.5 Å². The summed E-state index contributed by atoms with van der Waals surface area (Å²) in [5, 5.41) is 4.93. The van der Waals surface area contributed by atoms with Crippen molar-refractivity contribution in [1.29, 1.82) is 0 Å². The van der Waals surface area contributed by atoms with Gasteiger partial charge in [-0.05, 0) is 19.1 Å². The molecular formula is C21H16N2O4. The Bertz CT molecular complexity index is 1160. The monoisotopic (exact) mass is 360 g/mol. The molecule has 0 saturated carbocycles. The van der Waals surface area contributed by atoms with Crippen LogP contribution < -0.4 is 5.43 Å². The number of rotatable bonds is 4. The molecule has 2 heterocycles. The fourth-order valence-corrected chi connectivity index (χ4v) is 2.89. The van der Waals surface area contributed by atoms with E-state index < -0.39 is 5.97 Å². The number of fused-ring (bicyclic) bond motifs is 1. The summed E-state index contributed by atoms with van der Waals surface area (Å²) in [6.45, 7) is 1.88. The van der Waals surface area contributed by atoms with E-state index in [9.17, 15) is 9.59 Å². The molecular weight excluding hydrogens is 344 g/mol. The molecule has 0 aliphatic rings. The van der Waals surface area contributed by atoms with Gasteiger partial charge in [0.2, 0.25) is 11.5 Å². The minimum Gasteiger partial charge on any atom is -0.460 e. The number of esters is 1. The van der Waals surface area contributed by atoms with Crippen molar-refractivity contribution in [2.24, 2.45) is 0 Å². The van der Waals surface area contributed by atoms with Crippen molar-refractivity contribution >= 4 is 17.1 Å². The highest BCUT2D eigenvalue weighted by atomic mass is 16.5. The SMILES string of the molecule is CCOC(=O)c1cc(=O)c2c(-c3ccccc3)nn(-c3ccccc3)c2o1. The molecule has 27 heavy (non-hydrogen) atoms. The molecule has 2 aromatic carbocycles. The van der Waals surface area contributed by atoms with Crippen molar-refractivity contribution in [3.8, 4) is 16.9 Å². The summed E-state index contributed by atoms with van der Waals surface area (Å²) in [5.41, 5.74) is 1.86. The first-order valence-corrected chi connectivity index (χ1v) is 8.54. The van der Waals surface area contributed by atoms with Crippen LogP contribution in [0.15, 0.2) is 75.9 Å². The standard InChI is InChI=1S/C21H16N2O4/c1-2-26-21(25)17-13-16(24)18-19(14-9-5-3-6-10-14)22-23(20(18)27-17)15-11-7-4-8-12-15/h3-13H,2H2,1H3. The molecule has 0 bridgehead atoms. The van der Waals surface area contributed by atoms with Gasteiger partial charge >= 0.3 is 5.97 Å². The van der Waals surface area contributed by atoms with E-state index >= 15 is 0 Å². The number of aromatic nitrogens is 2. The Kier molecular flexibility index (Phi) is 4.30. The molecule has 6 heteroatoms. The third-order valence-electron chi connectivity index (χ3n) is 4.08. The largest absolute Gasteiger partial charge is 0.460 e. The van der Waals surface area contributed by atoms with E-state index in [1.807, 2.05) is 60.7 Å². The Hall–Kier alpha value is -3.67. The number of nitrogens with zero attached hydrogens (tertiary/aromatic N) is 2. The number of hydrogen-bond acceptors (Lipinski definition) is 5. The Morgan fingerprint density at radius 2 is 1.74 bits per heavy atom. The smallest absolute Gasteiger partial charge is 0.374 e. The van der Waals surface area contributed by atoms with Gasteiger partial charge in [0.05, 0.1) is 12.3 Å². The van der Waals surface area contributed by atoms with Crippen LogP contribution in [0.4, 0.5) is 0 Å². The maximum atomic E-state index is 12.8. The molecule has 0 radical (unpaired) electrons. The Labute approximate surface area is 154 Å². The Morgan fingerprint density at radius 1 is 1.07 bits per heavy atom. The van der Waals surface area contributed by atoms with E-state index in [0.717, 1.165) is 11.6 Å². The molecule has 6 nitrogen and oxygen atoms in total. The van der Waals surface area contributed by atoms with Gasteiger partial charge in [0.25, 0.3) is 0 Å². The topological polar surface area (TPSA) is 74.3 Å². The zero-order chi connectivity index (χ0) is 18.8. The van der Waals surface area contributed by atoms with Gasteiger partial charge in [-0.1, -0.05) is 48.5 Å². The predicted molar refractivity (Wildman–Crippen MR) is 101 cm³/mol. The molecule has 0 aliphatic heterocycles. The summed E-state index contributed by atoms with van der Waals surface area (Å²) in [6.07, 6.45) is 0. The summed E-state index contributed by atoms with van der Waals surface area (Å²) in [4.78, 5) is 24.9. The Morgan fingerprint density at radius 3 is 2.41 bits per heavy atom. The molecule has 134 valence electrons. The van der Waals surface area contributed by atoms with Crippen LogP contribution in [0.3, 0.4) is 0 Å². The second kappa shape index (κ2) is 6.92. The van der Waals surface area contributed by atoms with Crippen LogP contribution in [0.25, 0.3) is 28.0 Å². The van der Waals surface area contributed by atoms with Crippen LogP contribution in [-0.4, -0.2) is 22.4 Å². The molecule has 0 fully saturated rings. The van der Waals surface area contributed by atoms with E-state index in [1.165, 1.54) is 4.68 Å². The Balaban J connectivity index is 2.04. The van der Waals surface area contributed by atoms with E-state index in [1.54, 1.807) is 6.92 Å². The van der Waals surface area contributed by atoms with Gasteiger partial charge in [0.15, 0.2) is 5.43 Å². The third-order valence-corrected chi connectivity index (χ3v) is 4.08. The molecule has 2 aromatic heterocycles. The van der Waals surface area contributed by atoms with Crippen molar-refractivity contribution in [3.05, 3.63) is 82.7 Å². The summed E-state index contributed by atoms with van der Waals surface area (Å²) < 4.78 is 12.3. The number of benzene rings is 2. The summed E-state index contributed by atoms with van der Waals surface area (Å²) >= 11 is 0. The lowest BCUT2D eigenvalue weighted by atomic mass is 10.1. The molecule has 0 N–H and O–H groups in total. The minimum atomic E-state index is -0.682. The lowest BCUT2D eigenvalue weighted by Crippen LogP contribution is -2.10. The molecule has 0 unspecified atom stereocenters. The lowest BCUT2D eigenvalue weighted by molar-refractivity contribution is 0.0490. The van der Waals surface area contributed by atoms with Gasteiger partial charge < -0.3 is 9.15 Å². The average molecular weight is 360 g/mol. The summed E-state index contributed by atoms with van der Waals surface area (Å²) in [6, 6.07) is 19.8. The third kappa shape index (κ3) is 3.01. The van der Waals surface area contributed by atoms with Crippen LogP contribution in [0.2, 0.25) is 0 Å². The lowest BCUT2D eigenvalue weighted by Gasteiger charge is -2.04. The fourth-order valence-electron chi connectivity index (χ4n) is 2.89. The van der Waals surface area contributed by atoms with Crippen molar-refractivity contribution < 1.29 is 13.9 Å². The van der Waals surface area contributed by atoms with E-state index in [2.05, 4.69) is 5.10 Å². The van der Waals surface area contributed by atoms with Gasteiger partial charge in [-0.15, -0.1) is 0 Å². The van der Waals surface area contributed by atoms with Gasteiger partial charge in [-0.25, -0.2) is 4.79 Å². The van der Waals surface area contributed by atoms with Gasteiger partial charge in [0.1, 0.15) is 11.1 Å². The quantitative estimate of drug-likeness (QED) is 0.517. The first kappa shape index (κ1) is 16.8. The number of ether oxygens (including phenoxy) is 1. The van der Waals surface area contributed by atoms with Crippen LogP contribution in [0, 0.1) is 0 Å². The molecule has 0 amide bonds. The fraction of sp³-hybridized carbons (Fsp3) is 0.0952. The van der Waals surface area contributed by atoms with Crippen molar-refractivity contribution in [3.63, 3.8) is 0 Å². The van der Waals surface area contributed by atoms with E-state index in [4.69, 9.17) is 9.15 Å². The normalized spacial score (nSPS) is 10.9. The second-order valence-corrected chi connectivity index (χ2v) is 5.84. The molecule has 0 atom stereocenters. The molecule has 0 spiro atoms. The maximum absolute atomic E-state index is 12.8. The van der Waals surface area contributed by atoms with Gasteiger partial charge in [0, 0.05) is 11.6 Å². The maximum Gasteiger partial charge on any atom is 0.374 e. The minimum absolute atomic E-state index is 0.147. The first-order chi connectivity index (χ1) is 13.2. The average Bonchev–Trinajstić information content (AvgIpc) is 3.10. The van der Waals surface area contributed by atoms with Gasteiger partial charge in [-0.3, -0.25) is 4.79 Å². The zero-order valence-electron chi connectivity index (χ0n) is 14.6. The van der Waals surface area contributed by atoms with Crippen LogP contribution in [0.1, 0.15) is 17.5 Å². The predicted octanol–water partition coefficient (Wildman–Crippen LogP) is 3.82. The highest BCUT2D eigenvalue weighted by molar-refractivity contribution is 5.94. The van der Waals surface area contributed by atoms with E-state index in [0.29, 0.717) is 16.8 Å². The number of carbonyl (C=O) groups is 1. The molecule has 0 aliphatic carbocycles. The first-order valence-electron chi connectivity index (χ1n) is 8.54. The molecule has 4 rings (SSSR count). The molecule has 4 aromatic rings.